The van der Waals surface area contributed by atoms with E-state index < -0.39 is 12.0 Å². The number of thiocarbonyl (C=S) groups is 1. The number of hydrogen-bond acceptors (Lipinski definition) is 5. The van der Waals surface area contributed by atoms with E-state index in [9.17, 15) is 9.59 Å². The quantitative estimate of drug-likeness (QED) is 0.250. The average Bonchev–Trinajstić information content (AvgIpc) is 2.72. The molecule has 0 saturated carbocycles. The Morgan fingerprint density at radius 3 is 2.16 bits per heavy atom. The minimum Gasteiger partial charge on any atom is -0.492 e. The first-order valence-corrected chi connectivity index (χ1v) is 11.2. The van der Waals surface area contributed by atoms with Gasteiger partial charge < -0.3 is 9.47 Å². The Kier molecular flexibility index (Phi) is 10.6. The van der Waals surface area contributed by atoms with Crippen molar-refractivity contribution < 1.29 is 19.1 Å². The Labute approximate surface area is 210 Å². The van der Waals surface area contributed by atoms with Gasteiger partial charge in [-0.2, -0.15) is 0 Å². The Morgan fingerprint density at radius 2 is 1.56 bits per heavy atom. The molecule has 1 unspecified atom stereocenters. The van der Waals surface area contributed by atoms with E-state index >= 15 is 0 Å². The second-order valence-electron chi connectivity index (χ2n) is 6.35. The number of halogens is 4. The summed E-state index contributed by atoms with van der Waals surface area (Å²) < 4.78 is 11.0. The third-order valence-corrected chi connectivity index (χ3v) is 5.08. The molecule has 32 heavy (non-hydrogen) atoms. The summed E-state index contributed by atoms with van der Waals surface area (Å²) in [6.45, 7) is 1.80. The topological polar surface area (TPSA) is 88.7 Å². The van der Waals surface area contributed by atoms with Gasteiger partial charge in [-0.25, -0.2) is 0 Å². The van der Waals surface area contributed by atoms with Gasteiger partial charge in [-0.05, 0) is 62.0 Å². The van der Waals surface area contributed by atoms with Crippen molar-refractivity contribution in [1.29, 1.82) is 0 Å². The van der Waals surface area contributed by atoms with Crippen LogP contribution in [0, 0.1) is 0 Å². The monoisotopic (exact) mass is 537 g/mol. The van der Waals surface area contributed by atoms with Crippen LogP contribution in [0.4, 0.5) is 0 Å². The van der Waals surface area contributed by atoms with Crippen LogP contribution in [0.3, 0.4) is 0 Å². The minimum absolute atomic E-state index is 0.0924. The van der Waals surface area contributed by atoms with Crippen molar-refractivity contribution in [3.05, 3.63) is 56.5 Å². The first kappa shape index (κ1) is 26.3. The van der Waals surface area contributed by atoms with Gasteiger partial charge in [0.05, 0.1) is 16.7 Å². The molecule has 172 valence electrons. The predicted molar refractivity (Wildman–Crippen MR) is 130 cm³/mol. The summed E-state index contributed by atoms with van der Waals surface area (Å²) in [6, 6.07) is 9.52. The maximum Gasteiger partial charge on any atom is 0.266 e. The smallest absolute Gasteiger partial charge is 0.266 e. The number of hydrogen-bond donors (Lipinski definition) is 3. The highest BCUT2D eigenvalue weighted by molar-refractivity contribution is 7.80. The van der Waals surface area contributed by atoms with Gasteiger partial charge in [-0.15, -0.1) is 0 Å². The first-order valence-electron chi connectivity index (χ1n) is 9.25. The molecule has 0 aliphatic heterocycles. The summed E-state index contributed by atoms with van der Waals surface area (Å²) in [5.41, 5.74) is 4.84. The van der Waals surface area contributed by atoms with Gasteiger partial charge in [-0.3, -0.25) is 25.8 Å². The Hall–Kier alpha value is -1.97. The lowest BCUT2D eigenvalue weighted by molar-refractivity contribution is -0.126. The van der Waals surface area contributed by atoms with E-state index in [0.29, 0.717) is 33.0 Å². The number of ether oxygens (including phenoxy) is 2. The normalized spacial score (nSPS) is 11.3. The maximum absolute atomic E-state index is 12.2. The summed E-state index contributed by atoms with van der Waals surface area (Å²) >= 11 is 28.7. The van der Waals surface area contributed by atoms with Gasteiger partial charge in [-0.1, -0.05) is 46.4 Å². The molecule has 12 heteroatoms. The van der Waals surface area contributed by atoms with Gasteiger partial charge in [0.15, 0.2) is 11.2 Å². The van der Waals surface area contributed by atoms with Gasteiger partial charge >= 0.3 is 0 Å². The van der Waals surface area contributed by atoms with Crippen molar-refractivity contribution in [3.8, 4) is 11.5 Å². The number of benzene rings is 2. The van der Waals surface area contributed by atoms with Gasteiger partial charge in [0.25, 0.3) is 5.91 Å². The number of carbonyl (C=O) groups is 2. The molecule has 0 aliphatic rings. The van der Waals surface area contributed by atoms with Crippen molar-refractivity contribution in [2.45, 2.75) is 25.9 Å². The molecule has 1 atom stereocenters. The van der Waals surface area contributed by atoms with E-state index in [2.05, 4.69) is 16.2 Å². The van der Waals surface area contributed by atoms with Crippen molar-refractivity contribution in [2.24, 2.45) is 0 Å². The third kappa shape index (κ3) is 8.88. The summed E-state index contributed by atoms with van der Waals surface area (Å²) in [4.78, 5) is 24.1. The minimum atomic E-state index is -0.902. The van der Waals surface area contributed by atoms with Crippen LogP contribution in [0.5, 0.6) is 11.5 Å². The number of carbonyl (C=O) groups excluding carboxylic acids is 2. The van der Waals surface area contributed by atoms with E-state index in [1.807, 2.05) is 0 Å². The maximum atomic E-state index is 12.2. The Balaban J connectivity index is 1.65. The third-order valence-electron chi connectivity index (χ3n) is 3.82. The molecular weight excluding hydrogens is 520 g/mol. The largest absolute Gasteiger partial charge is 0.492 e. The van der Waals surface area contributed by atoms with Gasteiger partial charge in [0, 0.05) is 16.5 Å². The molecule has 7 nitrogen and oxygen atoms in total. The van der Waals surface area contributed by atoms with E-state index in [4.69, 9.17) is 68.1 Å². The summed E-state index contributed by atoms with van der Waals surface area (Å²) in [5, 5.41) is 3.93. The molecule has 0 radical (unpaired) electrons. The Bertz CT molecular complexity index is 993. The zero-order chi connectivity index (χ0) is 23.7. The molecule has 0 saturated heterocycles. The van der Waals surface area contributed by atoms with Crippen LogP contribution in [0.1, 0.15) is 19.8 Å². The lowest BCUT2D eigenvalue weighted by Gasteiger charge is -2.17. The van der Waals surface area contributed by atoms with Crippen LogP contribution in [0.2, 0.25) is 20.1 Å². The second-order valence-corrected chi connectivity index (χ2v) is 8.45. The van der Waals surface area contributed by atoms with Crippen molar-refractivity contribution >= 4 is 75.5 Å². The Morgan fingerprint density at radius 1 is 0.969 bits per heavy atom. The SMILES string of the molecule is CC(Oc1ccc(Cl)cc1Cl)C(=O)NC(=S)NNC(=O)CCCOc1ccc(Cl)cc1Cl. The zero-order valence-electron chi connectivity index (χ0n) is 16.7. The van der Waals surface area contributed by atoms with Crippen molar-refractivity contribution in [2.75, 3.05) is 6.61 Å². The summed E-state index contributed by atoms with van der Waals surface area (Å²) in [7, 11) is 0. The number of amides is 2. The number of hydrazine groups is 1. The molecule has 2 rings (SSSR count). The van der Waals surface area contributed by atoms with E-state index in [-0.39, 0.29) is 29.1 Å². The molecule has 0 aromatic heterocycles. The van der Waals surface area contributed by atoms with Crippen molar-refractivity contribution in [3.63, 3.8) is 0 Å². The first-order chi connectivity index (χ1) is 15.2. The molecule has 2 aromatic carbocycles. The second kappa shape index (κ2) is 12.9. The molecule has 0 heterocycles. The highest BCUT2D eigenvalue weighted by Crippen LogP contribution is 2.28. The molecule has 0 fully saturated rings. The molecule has 3 N–H and O–H groups in total. The molecular formula is C20H19Cl4N3O4S. The number of nitrogens with one attached hydrogen (secondary N) is 3. The van der Waals surface area contributed by atoms with Crippen LogP contribution in [-0.4, -0.2) is 29.6 Å². The van der Waals surface area contributed by atoms with Crippen LogP contribution in [0.25, 0.3) is 0 Å². The van der Waals surface area contributed by atoms with Crippen molar-refractivity contribution in [1.82, 2.24) is 16.2 Å². The molecule has 0 aliphatic carbocycles. The standard InChI is InChI=1S/C20H19Cl4N3O4S/c1-11(31-17-7-5-13(22)10-15(17)24)19(29)25-20(32)27-26-18(28)3-2-8-30-16-6-4-12(21)9-14(16)23/h4-7,9-11H,2-3,8H2,1H3,(H,26,28)(H2,25,27,29,32). The summed E-state index contributed by atoms with van der Waals surface area (Å²) in [6.07, 6.45) is -0.317. The molecule has 2 aromatic rings. The average molecular weight is 539 g/mol. The fourth-order valence-electron chi connectivity index (χ4n) is 2.26. The van der Waals surface area contributed by atoms with Crippen LogP contribution in [-0.2, 0) is 9.59 Å². The van der Waals surface area contributed by atoms with Gasteiger partial charge in [0.1, 0.15) is 11.5 Å². The molecule has 0 spiro atoms. The highest BCUT2D eigenvalue weighted by Gasteiger charge is 2.17. The summed E-state index contributed by atoms with van der Waals surface area (Å²) in [5.74, 6) is -0.0941. The van der Waals surface area contributed by atoms with E-state index in [0.717, 1.165) is 0 Å². The zero-order valence-corrected chi connectivity index (χ0v) is 20.6. The molecule has 2 amide bonds. The van der Waals surface area contributed by atoms with Crippen LogP contribution < -0.4 is 25.6 Å². The van der Waals surface area contributed by atoms with Crippen LogP contribution >= 0.6 is 58.6 Å². The lowest BCUT2D eigenvalue weighted by atomic mass is 10.3. The number of rotatable bonds is 8. The highest BCUT2D eigenvalue weighted by atomic mass is 35.5. The molecule has 0 bridgehead atoms. The fraction of sp³-hybridized carbons (Fsp3) is 0.250. The lowest BCUT2D eigenvalue weighted by Crippen LogP contribution is -2.51. The van der Waals surface area contributed by atoms with E-state index in [1.54, 1.807) is 30.3 Å². The fourth-order valence-corrected chi connectivity index (χ4v) is 3.32. The van der Waals surface area contributed by atoms with E-state index in [1.165, 1.54) is 13.0 Å². The predicted octanol–water partition coefficient (Wildman–Crippen LogP) is 4.95. The van der Waals surface area contributed by atoms with Crippen LogP contribution in [0.15, 0.2) is 36.4 Å². The van der Waals surface area contributed by atoms with Gasteiger partial charge in [0.2, 0.25) is 5.91 Å².